The highest BCUT2D eigenvalue weighted by Gasteiger charge is 2.22. The number of rotatable bonds is 4. The van der Waals surface area contributed by atoms with Crippen molar-refractivity contribution in [1.29, 1.82) is 0 Å². The number of hydrogen-bond donors (Lipinski definition) is 0. The first kappa shape index (κ1) is 30.0. The van der Waals surface area contributed by atoms with E-state index < -0.39 is 0 Å². The molecule has 12 rings (SSSR count). The molecule has 9 aromatic carbocycles. The molecule has 0 radical (unpaired) electrons. The number of nitrogens with zero attached hydrogens (tertiary/aromatic N) is 1. The molecule has 0 spiro atoms. The Labute approximate surface area is 318 Å². The number of hydrogen-bond acceptors (Lipinski definition) is 4. The van der Waals surface area contributed by atoms with Gasteiger partial charge in [-0.05, 0) is 94.0 Å². The molecule has 0 amide bonds. The number of benzene rings is 9. The lowest BCUT2D eigenvalue weighted by Crippen LogP contribution is -2.10. The molecule has 12 aromatic rings. The van der Waals surface area contributed by atoms with E-state index in [1.807, 2.05) is 22.7 Å². The lowest BCUT2D eigenvalue weighted by molar-refractivity contribution is 0.673. The van der Waals surface area contributed by atoms with Gasteiger partial charge in [-0.15, -0.1) is 22.7 Å². The Hall–Kier alpha value is -6.46. The highest BCUT2D eigenvalue weighted by atomic mass is 32.1. The van der Waals surface area contributed by atoms with Crippen LogP contribution < -0.4 is 4.90 Å². The Bertz CT molecular complexity index is 3450. The van der Waals surface area contributed by atoms with E-state index in [1.165, 1.54) is 78.7 Å². The minimum atomic E-state index is 0.925. The lowest BCUT2D eigenvalue weighted by Gasteiger charge is -2.27. The maximum absolute atomic E-state index is 6.66. The molecule has 0 fully saturated rings. The average molecular weight is 724 g/mol. The van der Waals surface area contributed by atoms with E-state index in [9.17, 15) is 0 Å². The highest BCUT2D eigenvalue weighted by molar-refractivity contribution is 7.26. The fourth-order valence-electron chi connectivity index (χ4n) is 8.63. The topological polar surface area (TPSA) is 16.4 Å². The van der Waals surface area contributed by atoms with Gasteiger partial charge in [0.2, 0.25) is 0 Å². The van der Waals surface area contributed by atoms with Gasteiger partial charge in [-0.25, -0.2) is 0 Å². The summed E-state index contributed by atoms with van der Waals surface area (Å²) in [5.74, 6) is 0. The summed E-state index contributed by atoms with van der Waals surface area (Å²) in [6.07, 6.45) is 0. The molecule has 252 valence electrons. The van der Waals surface area contributed by atoms with Gasteiger partial charge in [-0.3, -0.25) is 0 Å². The second kappa shape index (κ2) is 11.5. The van der Waals surface area contributed by atoms with Crippen LogP contribution in [0.2, 0.25) is 0 Å². The molecule has 3 heterocycles. The summed E-state index contributed by atoms with van der Waals surface area (Å²) in [6, 6.07) is 64.2. The molecule has 0 aliphatic heterocycles. The molecule has 0 saturated heterocycles. The molecule has 0 N–H and O–H groups in total. The van der Waals surface area contributed by atoms with Crippen LogP contribution in [0.3, 0.4) is 0 Å². The predicted molar refractivity (Wildman–Crippen MR) is 235 cm³/mol. The number of fused-ring (bicyclic) bond motifs is 13. The number of thiophene rings is 2. The lowest BCUT2D eigenvalue weighted by atomic mass is 9.98. The summed E-state index contributed by atoms with van der Waals surface area (Å²) < 4.78 is 11.8. The van der Waals surface area contributed by atoms with E-state index in [2.05, 4.69) is 181 Å². The van der Waals surface area contributed by atoms with Crippen molar-refractivity contribution in [3.63, 3.8) is 0 Å². The Morgan fingerprint density at radius 1 is 0.389 bits per heavy atom. The van der Waals surface area contributed by atoms with E-state index >= 15 is 0 Å². The van der Waals surface area contributed by atoms with E-state index in [0.717, 1.165) is 33.3 Å². The first-order valence-corrected chi connectivity index (χ1v) is 19.9. The molecule has 0 bridgehead atoms. The van der Waals surface area contributed by atoms with Crippen LogP contribution >= 0.6 is 22.7 Å². The second-order valence-corrected chi connectivity index (χ2v) is 16.2. The first-order valence-electron chi connectivity index (χ1n) is 18.2. The zero-order chi connectivity index (χ0) is 35.3. The maximum Gasteiger partial charge on any atom is 0.143 e. The fraction of sp³-hybridized carbons (Fsp3) is 0. The van der Waals surface area contributed by atoms with Gasteiger partial charge in [-0.1, -0.05) is 109 Å². The van der Waals surface area contributed by atoms with Crippen LogP contribution in [0.4, 0.5) is 17.1 Å². The largest absolute Gasteiger partial charge is 0.455 e. The summed E-state index contributed by atoms with van der Waals surface area (Å²) in [7, 11) is 0. The van der Waals surface area contributed by atoms with Crippen LogP contribution in [-0.2, 0) is 0 Å². The van der Waals surface area contributed by atoms with Gasteiger partial charge in [0.1, 0.15) is 11.2 Å². The molecule has 3 aromatic heterocycles. The summed E-state index contributed by atoms with van der Waals surface area (Å²) in [6.45, 7) is 0. The molecule has 0 aliphatic carbocycles. The summed E-state index contributed by atoms with van der Waals surface area (Å²) >= 11 is 3.71. The Morgan fingerprint density at radius 2 is 1.04 bits per heavy atom. The maximum atomic E-state index is 6.66. The molecular formula is C50H29NOS2. The summed E-state index contributed by atoms with van der Waals surface area (Å²) in [5.41, 5.74) is 7.74. The van der Waals surface area contributed by atoms with Crippen molar-refractivity contribution in [2.24, 2.45) is 0 Å². The van der Waals surface area contributed by atoms with Crippen molar-refractivity contribution < 1.29 is 4.42 Å². The van der Waals surface area contributed by atoms with Gasteiger partial charge in [0.25, 0.3) is 0 Å². The number of anilines is 3. The molecule has 0 unspecified atom stereocenters. The quantitative estimate of drug-likeness (QED) is 0.180. The molecule has 0 atom stereocenters. The van der Waals surface area contributed by atoms with Gasteiger partial charge in [0.15, 0.2) is 0 Å². The zero-order valence-corrected chi connectivity index (χ0v) is 30.5. The fourth-order valence-corrected chi connectivity index (χ4v) is 10.8. The van der Waals surface area contributed by atoms with Gasteiger partial charge in [0.05, 0.1) is 5.69 Å². The van der Waals surface area contributed by atoms with Crippen LogP contribution in [0.25, 0.3) is 95.0 Å². The van der Waals surface area contributed by atoms with E-state index in [-0.39, 0.29) is 0 Å². The number of furan rings is 1. The first-order chi connectivity index (χ1) is 26.8. The molecule has 2 nitrogen and oxygen atoms in total. The van der Waals surface area contributed by atoms with Crippen molar-refractivity contribution in [2.75, 3.05) is 4.90 Å². The van der Waals surface area contributed by atoms with Crippen molar-refractivity contribution in [3.05, 3.63) is 176 Å². The predicted octanol–water partition coefficient (Wildman–Crippen LogP) is 15.8. The highest BCUT2D eigenvalue weighted by Crippen LogP contribution is 2.48. The third kappa shape index (κ3) is 4.38. The second-order valence-electron chi connectivity index (χ2n) is 14.0. The normalized spacial score (nSPS) is 12.1. The van der Waals surface area contributed by atoms with Crippen molar-refractivity contribution in [1.82, 2.24) is 0 Å². The SMILES string of the molecule is c1ccc2c(-c3ccc(N(c4ccc5sc6ccc7oc8c9ccccc9ccc8c7c6c5c4)c4cccc5sc6ccccc6c45)cc3)cccc2c1. The van der Waals surface area contributed by atoms with Gasteiger partial charge >= 0.3 is 0 Å². The van der Waals surface area contributed by atoms with Gasteiger partial charge in [0, 0.05) is 67.9 Å². The monoisotopic (exact) mass is 723 g/mol. The van der Waals surface area contributed by atoms with Crippen LogP contribution in [0.1, 0.15) is 0 Å². The minimum absolute atomic E-state index is 0.925. The van der Waals surface area contributed by atoms with Crippen LogP contribution in [0.15, 0.2) is 180 Å². The van der Waals surface area contributed by atoms with E-state index in [0.29, 0.717) is 0 Å². The standard InChI is InChI=1S/C50H29NOS2/c1-3-12-35-30(9-1)11-7-15-36(35)32-19-22-33(23-20-32)51(41-16-8-18-45-47(41)38-14-5-6-17-43(38)53-45)34-24-27-44-40(29-34)49-46(54-44)28-26-42-48(49)39-25-21-31-10-2-4-13-37(31)50(39)52-42/h1-29H. The molecule has 4 heteroatoms. The summed E-state index contributed by atoms with van der Waals surface area (Å²) in [5, 5.41) is 12.3. The van der Waals surface area contributed by atoms with Gasteiger partial charge in [-0.2, -0.15) is 0 Å². The third-order valence-corrected chi connectivity index (χ3v) is 13.3. The van der Waals surface area contributed by atoms with Crippen molar-refractivity contribution in [2.45, 2.75) is 0 Å². The van der Waals surface area contributed by atoms with E-state index in [4.69, 9.17) is 4.42 Å². The molecular weight excluding hydrogens is 695 g/mol. The summed E-state index contributed by atoms with van der Waals surface area (Å²) in [4.78, 5) is 2.46. The Kier molecular flexibility index (Phi) is 6.41. The smallest absolute Gasteiger partial charge is 0.143 e. The van der Waals surface area contributed by atoms with Gasteiger partial charge < -0.3 is 9.32 Å². The van der Waals surface area contributed by atoms with Crippen LogP contribution in [0.5, 0.6) is 0 Å². The Morgan fingerprint density at radius 3 is 1.91 bits per heavy atom. The molecule has 54 heavy (non-hydrogen) atoms. The van der Waals surface area contributed by atoms with Crippen LogP contribution in [0, 0.1) is 0 Å². The van der Waals surface area contributed by atoms with E-state index in [1.54, 1.807) is 0 Å². The Balaban J connectivity index is 1.11. The molecule has 0 saturated carbocycles. The minimum Gasteiger partial charge on any atom is -0.455 e. The van der Waals surface area contributed by atoms with Crippen molar-refractivity contribution >= 4 is 124 Å². The molecule has 0 aliphatic rings. The van der Waals surface area contributed by atoms with Crippen molar-refractivity contribution in [3.8, 4) is 11.1 Å². The average Bonchev–Trinajstić information content (AvgIpc) is 3.92. The zero-order valence-electron chi connectivity index (χ0n) is 28.9. The van der Waals surface area contributed by atoms with Crippen LogP contribution in [-0.4, -0.2) is 0 Å². The third-order valence-electron chi connectivity index (χ3n) is 11.0.